The van der Waals surface area contributed by atoms with E-state index in [0.717, 1.165) is 31.5 Å². The van der Waals surface area contributed by atoms with Crippen molar-refractivity contribution >= 4 is 11.6 Å². The van der Waals surface area contributed by atoms with Crippen LogP contribution in [-0.2, 0) is 4.74 Å². The monoisotopic (exact) mass is 341 g/mol. The molecule has 2 aliphatic heterocycles. The van der Waals surface area contributed by atoms with Crippen LogP contribution in [0.15, 0.2) is 41.3 Å². The molecule has 6 heteroatoms. The van der Waals surface area contributed by atoms with Crippen molar-refractivity contribution in [3.8, 4) is 0 Å². The smallest absolute Gasteiger partial charge is 0.257 e. The molecule has 0 aromatic carbocycles. The lowest BCUT2D eigenvalue weighted by molar-refractivity contribution is -0.0447. The molecule has 4 rings (SSSR count). The van der Waals surface area contributed by atoms with Gasteiger partial charge in [0.05, 0.1) is 42.3 Å². The number of pyridine rings is 1. The Morgan fingerprint density at radius 1 is 1.44 bits per heavy atom. The maximum atomic E-state index is 12.8. The third-order valence-electron chi connectivity index (χ3n) is 5.16. The number of carbonyl (C=O) groups excluding carboxylic acids is 1. The van der Waals surface area contributed by atoms with Gasteiger partial charge in [-0.2, -0.15) is 0 Å². The van der Waals surface area contributed by atoms with Crippen molar-refractivity contribution in [2.45, 2.75) is 37.8 Å². The Labute approximate surface area is 147 Å². The van der Waals surface area contributed by atoms with Crippen LogP contribution in [-0.4, -0.2) is 47.1 Å². The Balaban J connectivity index is 1.42. The number of anilines is 1. The first-order chi connectivity index (χ1) is 12.2. The number of carbonyl (C=O) groups is 1. The molecule has 0 aliphatic carbocycles. The molecule has 1 amide bonds. The summed E-state index contributed by atoms with van der Waals surface area (Å²) in [6, 6.07) is 5.93. The summed E-state index contributed by atoms with van der Waals surface area (Å²) in [6.45, 7) is 3.89. The minimum atomic E-state index is -0.245. The largest absolute Gasteiger partial charge is 0.469 e. The zero-order valence-corrected chi connectivity index (χ0v) is 14.4. The molecule has 2 fully saturated rings. The average molecular weight is 341 g/mol. The van der Waals surface area contributed by atoms with E-state index in [0.29, 0.717) is 24.5 Å². The van der Waals surface area contributed by atoms with E-state index in [1.807, 2.05) is 30.2 Å². The van der Waals surface area contributed by atoms with Gasteiger partial charge in [0, 0.05) is 25.4 Å². The van der Waals surface area contributed by atoms with Gasteiger partial charge in [-0.15, -0.1) is 0 Å². The summed E-state index contributed by atoms with van der Waals surface area (Å²) in [6.07, 6.45) is 8.01. The lowest BCUT2D eigenvalue weighted by atomic mass is 9.88. The van der Waals surface area contributed by atoms with E-state index >= 15 is 0 Å². The van der Waals surface area contributed by atoms with Crippen molar-refractivity contribution in [1.82, 2.24) is 9.88 Å². The van der Waals surface area contributed by atoms with Crippen LogP contribution in [0, 0.1) is 6.92 Å². The van der Waals surface area contributed by atoms with Crippen molar-refractivity contribution < 1.29 is 13.9 Å². The standard InChI is InChI=1S/C19H23N3O3/c1-14-17(5-9-24-14)18(23)22-8-3-6-19(13-22)10-16(12-25-19)21-15-4-2-7-20-11-15/h2,4-5,7,9,11,16,21H,3,6,8,10,12-13H2,1H3. The summed E-state index contributed by atoms with van der Waals surface area (Å²) in [5.41, 5.74) is 1.41. The van der Waals surface area contributed by atoms with Crippen molar-refractivity contribution in [3.05, 3.63) is 48.2 Å². The van der Waals surface area contributed by atoms with Crippen LogP contribution in [0.4, 0.5) is 5.69 Å². The number of hydrogen-bond donors (Lipinski definition) is 1. The van der Waals surface area contributed by atoms with Crippen LogP contribution in [0.1, 0.15) is 35.4 Å². The number of aryl methyl sites for hydroxylation is 1. The molecule has 1 N–H and O–H groups in total. The van der Waals surface area contributed by atoms with Gasteiger partial charge in [0.25, 0.3) is 5.91 Å². The fourth-order valence-electron chi connectivity index (χ4n) is 3.95. The van der Waals surface area contributed by atoms with E-state index in [1.54, 1.807) is 18.5 Å². The first kappa shape index (κ1) is 16.1. The highest BCUT2D eigenvalue weighted by molar-refractivity contribution is 5.95. The van der Waals surface area contributed by atoms with E-state index in [-0.39, 0.29) is 17.6 Å². The zero-order chi connectivity index (χ0) is 17.3. The van der Waals surface area contributed by atoms with Crippen LogP contribution >= 0.6 is 0 Å². The third kappa shape index (κ3) is 3.26. The predicted octanol–water partition coefficient (Wildman–Crippen LogP) is 2.86. The molecule has 2 saturated heterocycles. The van der Waals surface area contributed by atoms with Gasteiger partial charge in [0.1, 0.15) is 5.76 Å². The fourth-order valence-corrected chi connectivity index (χ4v) is 3.95. The Hall–Kier alpha value is -2.34. The number of nitrogens with zero attached hydrogens (tertiary/aromatic N) is 2. The van der Waals surface area contributed by atoms with Gasteiger partial charge in [-0.25, -0.2) is 0 Å². The normalized spacial score (nSPS) is 26.1. The molecule has 2 atom stereocenters. The number of likely N-dealkylation sites (tertiary alicyclic amines) is 1. The van der Waals surface area contributed by atoms with Gasteiger partial charge in [-0.3, -0.25) is 9.78 Å². The second kappa shape index (κ2) is 6.52. The van der Waals surface area contributed by atoms with Crippen LogP contribution in [0.2, 0.25) is 0 Å². The van der Waals surface area contributed by atoms with E-state index in [1.165, 1.54) is 0 Å². The van der Waals surface area contributed by atoms with Crippen LogP contribution < -0.4 is 5.32 Å². The number of hydrogen-bond acceptors (Lipinski definition) is 5. The number of ether oxygens (including phenoxy) is 1. The SMILES string of the molecule is Cc1occc1C(=O)N1CCCC2(CC(Nc3cccnc3)CO2)C1. The van der Waals surface area contributed by atoms with Crippen LogP contribution in [0.25, 0.3) is 0 Å². The molecule has 0 bridgehead atoms. The highest BCUT2D eigenvalue weighted by atomic mass is 16.5. The molecule has 2 aliphatic rings. The Morgan fingerprint density at radius 3 is 3.12 bits per heavy atom. The van der Waals surface area contributed by atoms with E-state index in [4.69, 9.17) is 9.15 Å². The maximum absolute atomic E-state index is 12.8. The molecule has 2 aromatic rings. The summed E-state index contributed by atoms with van der Waals surface area (Å²) >= 11 is 0. The molecule has 4 heterocycles. The van der Waals surface area contributed by atoms with Gasteiger partial charge >= 0.3 is 0 Å². The molecular weight excluding hydrogens is 318 g/mol. The fraction of sp³-hybridized carbons (Fsp3) is 0.474. The lowest BCUT2D eigenvalue weighted by Crippen LogP contribution is -2.50. The summed E-state index contributed by atoms with van der Waals surface area (Å²) < 4.78 is 11.5. The van der Waals surface area contributed by atoms with E-state index in [9.17, 15) is 4.79 Å². The highest BCUT2D eigenvalue weighted by Gasteiger charge is 2.44. The topological polar surface area (TPSA) is 67.6 Å². The zero-order valence-electron chi connectivity index (χ0n) is 14.4. The van der Waals surface area contributed by atoms with Gasteiger partial charge in [-0.1, -0.05) is 0 Å². The Kier molecular flexibility index (Phi) is 4.21. The van der Waals surface area contributed by atoms with Crippen molar-refractivity contribution in [2.24, 2.45) is 0 Å². The predicted molar refractivity (Wildman–Crippen MR) is 93.5 cm³/mol. The first-order valence-electron chi connectivity index (χ1n) is 8.79. The second-order valence-corrected chi connectivity index (χ2v) is 7.00. The summed E-state index contributed by atoms with van der Waals surface area (Å²) in [7, 11) is 0. The summed E-state index contributed by atoms with van der Waals surface area (Å²) in [5, 5.41) is 3.49. The van der Waals surface area contributed by atoms with E-state index < -0.39 is 0 Å². The Morgan fingerprint density at radius 2 is 2.36 bits per heavy atom. The molecule has 2 aromatic heterocycles. The second-order valence-electron chi connectivity index (χ2n) is 7.00. The van der Waals surface area contributed by atoms with E-state index in [2.05, 4.69) is 10.3 Å². The minimum Gasteiger partial charge on any atom is -0.469 e. The number of furan rings is 1. The number of amides is 1. The maximum Gasteiger partial charge on any atom is 0.257 e. The van der Waals surface area contributed by atoms with Gasteiger partial charge in [0.2, 0.25) is 0 Å². The molecule has 0 radical (unpaired) electrons. The van der Waals surface area contributed by atoms with Crippen LogP contribution in [0.3, 0.4) is 0 Å². The summed E-state index contributed by atoms with van der Waals surface area (Å²) in [4.78, 5) is 18.8. The minimum absolute atomic E-state index is 0.0394. The van der Waals surface area contributed by atoms with Crippen molar-refractivity contribution in [2.75, 3.05) is 25.0 Å². The van der Waals surface area contributed by atoms with Crippen molar-refractivity contribution in [1.29, 1.82) is 0 Å². The molecular formula is C19H23N3O3. The molecule has 2 unspecified atom stereocenters. The highest BCUT2D eigenvalue weighted by Crippen LogP contribution is 2.36. The van der Waals surface area contributed by atoms with Gasteiger partial charge < -0.3 is 19.4 Å². The number of piperidine rings is 1. The summed E-state index contributed by atoms with van der Waals surface area (Å²) in [5.74, 6) is 0.714. The third-order valence-corrected chi connectivity index (χ3v) is 5.16. The Bertz CT molecular complexity index is 745. The molecule has 132 valence electrons. The molecule has 0 saturated carbocycles. The first-order valence-corrected chi connectivity index (χ1v) is 8.79. The molecule has 1 spiro atoms. The lowest BCUT2D eigenvalue weighted by Gasteiger charge is -2.39. The van der Waals surface area contributed by atoms with Gasteiger partial charge in [0.15, 0.2) is 0 Å². The average Bonchev–Trinajstić information content (AvgIpc) is 3.22. The van der Waals surface area contributed by atoms with Crippen LogP contribution in [0.5, 0.6) is 0 Å². The number of rotatable bonds is 3. The van der Waals surface area contributed by atoms with Gasteiger partial charge in [-0.05, 0) is 38.0 Å². The number of nitrogens with one attached hydrogen (secondary N) is 1. The molecule has 25 heavy (non-hydrogen) atoms. The molecule has 6 nitrogen and oxygen atoms in total. The number of aromatic nitrogens is 1. The van der Waals surface area contributed by atoms with Crippen molar-refractivity contribution in [3.63, 3.8) is 0 Å². The quantitative estimate of drug-likeness (QED) is 0.930.